The van der Waals surface area contributed by atoms with Gasteiger partial charge in [-0.25, -0.2) is 0 Å². The molecule has 1 aromatic rings. The monoisotopic (exact) mass is 331 g/mol. The van der Waals surface area contributed by atoms with E-state index in [1.54, 1.807) is 6.92 Å². The number of hydrogen-bond donors (Lipinski definition) is 0. The zero-order valence-electron chi connectivity index (χ0n) is 14.6. The summed E-state index contributed by atoms with van der Waals surface area (Å²) in [6.45, 7) is 6.12. The van der Waals surface area contributed by atoms with Crippen LogP contribution >= 0.6 is 0 Å². The molecule has 2 rings (SSSR count). The maximum Gasteiger partial charge on any atom is 0.313 e. The molecule has 5 nitrogen and oxygen atoms in total. The summed E-state index contributed by atoms with van der Waals surface area (Å²) in [6.07, 6.45) is 2.06. The molecular formula is C19H25NO4. The van der Waals surface area contributed by atoms with Crippen molar-refractivity contribution >= 4 is 17.8 Å². The molecule has 130 valence electrons. The summed E-state index contributed by atoms with van der Waals surface area (Å²) in [5.41, 5.74) is 2.09. The van der Waals surface area contributed by atoms with Crippen molar-refractivity contribution in [3.05, 3.63) is 35.4 Å². The van der Waals surface area contributed by atoms with Gasteiger partial charge >= 0.3 is 5.97 Å². The van der Waals surface area contributed by atoms with Crippen molar-refractivity contribution in [2.75, 3.05) is 13.2 Å². The van der Waals surface area contributed by atoms with Crippen molar-refractivity contribution in [1.82, 2.24) is 4.90 Å². The Morgan fingerprint density at radius 1 is 1.17 bits per heavy atom. The smallest absolute Gasteiger partial charge is 0.313 e. The standard InChI is InChI=1S/C19H25NO4/c1-13(2)11-15-6-8-16(9-7-15)14(3)19(23)24-12-18(22)20-10-4-5-17(20)21/h6-9,13-14H,4-5,10-12H2,1-3H3. The van der Waals surface area contributed by atoms with E-state index in [4.69, 9.17) is 4.74 Å². The highest BCUT2D eigenvalue weighted by Crippen LogP contribution is 2.19. The van der Waals surface area contributed by atoms with Gasteiger partial charge in [-0.05, 0) is 36.8 Å². The highest BCUT2D eigenvalue weighted by molar-refractivity contribution is 5.97. The number of benzene rings is 1. The lowest BCUT2D eigenvalue weighted by Crippen LogP contribution is -2.35. The molecule has 1 atom stereocenters. The fourth-order valence-corrected chi connectivity index (χ4v) is 2.80. The molecular weight excluding hydrogens is 306 g/mol. The lowest BCUT2D eigenvalue weighted by molar-refractivity contribution is -0.155. The molecule has 1 heterocycles. The van der Waals surface area contributed by atoms with E-state index >= 15 is 0 Å². The van der Waals surface area contributed by atoms with Crippen molar-refractivity contribution in [3.63, 3.8) is 0 Å². The molecule has 1 fully saturated rings. The van der Waals surface area contributed by atoms with Gasteiger partial charge in [0, 0.05) is 13.0 Å². The third-order valence-electron chi connectivity index (χ3n) is 4.19. The van der Waals surface area contributed by atoms with E-state index in [-0.39, 0.29) is 12.5 Å². The molecule has 0 bridgehead atoms. The number of carbonyl (C=O) groups is 3. The molecule has 0 spiro atoms. The maximum absolute atomic E-state index is 12.1. The largest absolute Gasteiger partial charge is 0.455 e. The van der Waals surface area contributed by atoms with E-state index in [9.17, 15) is 14.4 Å². The van der Waals surface area contributed by atoms with Gasteiger partial charge in [0.05, 0.1) is 5.92 Å². The summed E-state index contributed by atoms with van der Waals surface area (Å²) in [6, 6.07) is 7.89. The number of carbonyl (C=O) groups excluding carboxylic acids is 3. The van der Waals surface area contributed by atoms with Gasteiger partial charge in [-0.15, -0.1) is 0 Å². The Balaban J connectivity index is 1.87. The molecule has 2 amide bonds. The Bertz CT molecular complexity index is 606. The van der Waals surface area contributed by atoms with Crippen molar-refractivity contribution in [1.29, 1.82) is 0 Å². The fraction of sp³-hybridized carbons (Fsp3) is 0.526. The van der Waals surface area contributed by atoms with Crippen molar-refractivity contribution in [2.45, 2.75) is 46.0 Å². The average molecular weight is 331 g/mol. The molecule has 1 unspecified atom stereocenters. The first-order valence-corrected chi connectivity index (χ1v) is 8.47. The van der Waals surface area contributed by atoms with Gasteiger partial charge in [-0.3, -0.25) is 19.3 Å². The molecule has 0 radical (unpaired) electrons. The van der Waals surface area contributed by atoms with Crippen LogP contribution in [0.2, 0.25) is 0 Å². The number of ether oxygens (including phenoxy) is 1. The summed E-state index contributed by atoms with van der Waals surface area (Å²) in [5, 5.41) is 0. The van der Waals surface area contributed by atoms with Crippen LogP contribution in [0.1, 0.15) is 50.7 Å². The number of rotatable bonds is 6. The van der Waals surface area contributed by atoms with Gasteiger partial charge < -0.3 is 4.74 Å². The molecule has 0 aliphatic carbocycles. The lowest BCUT2D eigenvalue weighted by atomic mass is 9.97. The normalized spacial score (nSPS) is 15.7. The quantitative estimate of drug-likeness (QED) is 0.752. The van der Waals surface area contributed by atoms with Crippen LogP contribution < -0.4 is 0 Å². The zero-order chi connectivity index (χ0) is 17.7. The van der Waals surface area contributed by atoms with E-state index in [0.29, 0.717) is 25.3 Å². The molecule has 1 saturated heterocycles. The minimum absolute atomic E-state index is 0.190. The molecule has 0 aromatic heterocycles. The second-order valence-corrected chi connectivity index (χ2v) is 6.71. The Hall–Kier alpha value is -2.17. The van der Waals surface area contributed by atoms with Crippen LogP contribution in [-0.2, 0) is 25.5 Å². The van der Waals surface area contributed by atoms with E-state index < -0.39 is 17.8 Å². The van der Waals surface area contributed by atoms with Gasteiger partial charge in [0.25, 0.3) is 5.91 Å². The van der Waals surface area contributed by atoms with E-state index in [1.807, 2.05) is 24.3 Å². The Labute approximate surface area is 143 Å². The first kappa shape index (κ1) is 18.2. The van der Waals surface area contributed by atoms with Crippen molar-refractivity contribution in [2.24, 2.45) is 5.92 Å². The first-order valence-electron chi connectivity index (χ1n) is 8.47. The van der Waals surface area contributed by atoms with Gasteiger partial charge in [-0.1, -0.05) is 38.1 Å². The first-order chi connectivity index (χ1) is 11.4. The number of hydrogen-bond acceptors (Lipinski definition) is 4. The van der Waals surface area contributed by atoms with Gasteiger partial charge in [0.2, 0.25) is 5.91 Å². The van der Waals surface area contributed by atoms with Crippen molar-refractivity contribution < 1.29 is 19.1 Å². The zero-order valence-corrected chi connectivity index (χ0v) is 14.6. The predicted octanol–water partition coefficient (Wildman–Crippen LogP) is 2.68. The molecule has 0 N–H and O–H groups in total. The minimum Gasteiger partial charge on any atom is -0.455 e. The van der Waals surface area contributed by atoms with Crippen LogP contribution in [0.25, 0.3) is 0 Å². The Morgan fingerprint density at radius 2 is 1.83 bits per heavy atom. The SMILES string of the molecule is CC(C)Cc1ccc(C(C)C(=O)OCC(=O)N2CCCC2=O)cc1. The average Bonchev–Trinajstić information content (AvgIpc) is 2.98. The van der Waals surface area contributed by atoms with Gasteiger partial charge in [-0.2, -0.15) is 0 Å². The van der Waals surface area contributed by atoms with Crippen LogP contribution in [-0.4, -0.2) is 35.8 Å². The lowest BCUT2D eigenvalue weighted by Gasteiger charge is -2.16. The fourth-order valence-electron chi connectivity index (χ4n) is 2.80. The summed E-state index contributed by atoms with van der Waals surface area (Å²) >= 11 is 0. The summed E-state index contributed by atoms with van der Waals surface area (Å²) < 4.78 is 5.09. The van der Waals surface area contributed by atoms with Crippen molar-refractivity contribution in [3.8, 4) is 0 Å². The summed E-state index contributed by atoms with van der Waals surface area (Å²) in [4.78, 5) is 36.7. The second kappa shape index (κ2) is 8.08. The molecule has 24 heavy (non-hydrogen) atoms. The summed E-state index contributed by atoms with van der Waals surface area (Å²) in [7, 11) is 0. The van der Waals surface area contributed by atoms with E-state index in [0.717, 1.165) is 12.0 Å². The topological polar surface area (TPSA) is 63.7 Å². The molecule has 0 saturated carbocycles. The van der Waals surface area contributed by atoms with Gasteiger partial charge in [0.1, 0.15) is 0 Å². The number of likely N-dealkylation sites (tertiary alicyclic amines) is 1. The van der Waals surface area contributed by atoms with Crippen LogP contribution in [0.15, 0.2) is 24.3 Å². The predicted molar refractivity (Wildman–Crippen MR) is 90.3 cm³/mol. The number of esters is 1. The minimum atomic E-state index is -0.452. The highest BCUT2D eigenvalue weighted by atomic mass is 16.5. The molecule has 1 aliphatic heterocycles. The Morgan fingerprint density at radius 3 is 2.38 bits per heavy atom. The number of amides is 2. The Kier molecular flexibility index (Phi) is 6.12. The highest BCUT2D eigenvalue weighted by Gasteiger charge is 2.27. The molecule has 1 aromatic carbocycles. The van der Waals surface area contributed by atoms with Crippen LogP contribution in [0.4, 0.5) is 0 Å². The third kappa shape index (κ3) is 4.66. The maximum atomic E-state index is 12.1. The van der Waals surface area contributed by atoms with Crippen LogP contribution in [0, 0.1) is 5.92 Å². The number of nitrogens with zero attached hydrogens (tertiary/aromatic N) is 1. The van der Waals surface area contributed by atoms with Gasteiger partial charge in [0.15, 0.2) is 6.61 Å². The molecule has 5 heteroatoms. The third-order valence-corrected chi connectivity index (χ3v) is 4.19. The summed E-state index contributed by atoms with van der Waals surface area (Å²) in [5.74, 6) is -0.945. The van der Waals surface area contributed by atoms with Crippen LogP contribution in [0.5, 0.6) is 0 Å². The van der Waals surface area contributed by atoms with E-state index in [2.05, 4.69) is 13.8 Å². The number of imide groups is 1. The molecule has 1 aliphatic rings. The second-order valence-electron chi connectivity index (χ2n) is 6.71. The van der Waals surface area contributed by atoms with E-state index in [1.165, 1.54) is 10.5 Å². The van der Waals surface area contributed by atoms with Crippen LogP contribution in [0.3, 0.4) is 0 Å².